The van der Waals surface area contributed by atoms with E-state index in [1.807, 2.05) is 44.2 Å². The summed E-state index contributed by atoms with van der Waals surface area (Å²) in [6.45, 7) is 3.73. The van der Waals surface area contributed by atoms with E-state index >= 15 is 0 Å². The van der Waals surface area contributed by atoms with E-state index in [1.165, 1.54) is 0 Å². The van der Waals surface area contributed by atoms with Gasteiger partial charge in [-0.15, -0.1) is 0 Å². The molecule has 1 amide bonds. The lowest BCUT2D eigenvalue weighted by atomic mass is 10.2. The van der Waals surface area contributed by atoms with Gasteiger partial charge in [0.25, 0.3) is 11.8 Å². The Hall–Kier alpha value is -3.81. The Morgan fingerprint density at radius 3 is 2.65 bits per heavy atom. The number of ether oxygens (including phenoxy) is 3. The molecule has 3 rings (SSSR count). The van der Waals surface area contributed by atoms with Crippen molar-refractivity contribution in [3.05, 3.63) is 53.9 Å². The number of nitrogens with zero attached hydrogens (tertiary/aromatic N) is 2. The number of methoxy groups -OCH3 is 2. The van der Waals surface area contributed by atoms with Gasteiger partial charge in [0.15, 0.2) is 18.1 Å². The summed E-state index contributed by atoms with van der Waals surface area (Å²) in [5.41, 5.74) is 1.61. The van der Waals surface area contributed by atoms with Crippen LogP contribution in [-0.2, 0) is 4.79 Å². The molecule has 0 radical (unpaired) electrons. The van der Waals surface area contributed by atoms with Gasteiger partial charge >= 0.3 is 0 Å². The van der Waals surface area contributed by atoms with Crippen LogP contribution in [-0.4, -0.2) is 42.9 Å². The lowest BCUT2D eigenvalue weighted by Crippen LogP contribution is -2.34. The zero-order valence-corrected chi connectivity index (χ0v) is 17.9. The molecule has 8 heteroatoms. The summed E-state index contributed by atoms with van der Waals surface area (Å²) >= 11 is 0. The van der Waals surface area contributed by atoms with Crippen LogP contribution in [0.2, 0.25) is 0 Å². The highest BCUT2D eigenvalue weighted by Crippen LogP contribution is 2.28. The van der Waals surface area contributed by atoms with Gasteiger partial charge in [0.1, 0.15) is 5.75 Å². The first kappa shape index (κ1) is 21.9. The Morgan fingerprint density at radius 1 is 1.10 bits per heavy atom. The van der Waals surface area contributed by atoms with Crippen molar-refractivity contribution in [3.63, 3.8) is 0 Å². The molecule has 31 heavy (non-hydrogen) atoms. The molecule has 2 aromatic carbocycles. The predicted molar refractivity (Wildman–Crippen MR) is 117 cm³/mol. The normalized spacial score (nSPS) is 11.0. The van der Waals surface area contributed by atoms with Gasteiger partial charge in [-0.25, -0.2) is 0 Å². The number of benzene rings is 2. The summed E-state index contributed by atoms with van der Waals surface area (Å²) in [4.78, 5) is 16.1. The Morgan fingerprint density at radius 2 is 1.90 bits per heavy atom. The van der Waals surface area contributed by atoms with E-state index in [0.29, 0.717) is 29.0 Å². The average molecular weight is 423 g/mol. The standard InChI is InChI=1S/C23H25N3O5/c1-15(2)24-21(27)14-30-18-7-5-6-17(13-18)23-25-22(31-26-23)11-9-16-8-10-19(28-3)20(12-16)29-4/h5-13,15H,14H2,1-4H3,(H,24,27)/b11-9+. The molecule has 3 aromatic rings. The van der Waals surface area contributed by atoms with E-state index in [2.05, 4.69) is 15.5 Å². The van der Waals surface area contributed by atoms with Crippen molar-refractivity contribution < 1.29 is 23.5 Å². The van der Waals surface area contributed by atoms with Crippen molar-refractivity contribution in [2.45, 2.75) is 19.9 Å². The molecule has 0 atom stereocenters. The van der Waals surface area contributed by atoms with Crippen molar-refractivity contribution in [1.29, 1.82) is 0 Å². The second-order valence-electron chi connectivity index (χ2n) is 6.94. The largest absolute Gasteiger partial charge is 0.493 e. The molecule has 0 aliphatic carbocycles. The summed E-state index contributed by atoms with van der Waals surface area (Å²) in [5, 5.41) is 6.80. The van der Waals surface area contributed by atoms with Crippen LogP contribution in [0.4, 0.5) is 0 Å². The molecule has 0 unspecified atom stereocenters. The number of hydrogen-bond acceptors (Lipinski definition) is 7. The topological polar surface area (TPSA) is 95.7 Å². The molecule has 0 saturated carbocycles. The van der Waals surface area contributed by atoms with Gasteiger partial charge in [-0.3, -0.25) is 4.79 Å². The van der Waals surface area contributed by atoms with Gasteiger partial charge in [0, 0.05) is 17.7 Å². The fraction of sp³-hybridized carbons (Fsp3) is 0.261. The fourth-order valence-electron chi connectivity index (χ4n) is 2.78. The molecule has 1 heterocycles. The van der Waals surface area contributed by atoms with Gasteiger partial charge in [-0.2, -0.15) is 4.98 Å². The predicted octanol–water partition coefficient (Wildman–Crippen LogP) is 3.83. The zero-order valence-electron chi connectivity index (χ0n) is 17.9. The summed E-state index contributed by atoms with van der Waals surface area (Å²) < 4.78 is 21.4. The maximum atomic E-state index is 11.8. The van der Waals surface area contributed by atoms with Crippen LogP contribution in [0.1, 0.15) is 25.3 Å². The fourth-order valence-corrected chi connectivity index (χ4v) is 2.78. The molecule has 0 fully saturated rings. The SMILES string of the molecule is COc1ccc(/C=C/c2nc(-c3cccc(OCC(=O)NC(C)C)c3)no2)cc1OC. The lowest BCUT2D eigenvalue weighted by molar-refractivity contribution is -0.123. The Kier molecular flexibility index (Phi) is 7.26. The lowest BCUT2D eigenvalue weighted by Gasteiger charge is -2.10. The number of amides is 1. The monoisotopic (exact) mass is 423 g/mol. The van der Waals surface area contributed by atoms with Crippen molar-refractivity contribution >= 4 is 18.1 Å². The van der Waals surface area contributed by atoms with Gasteiger partial charge in [0.05, 0.1) is 14.2 Å². The van der Waals surface area contributed by atoms with Crippen LogP contribution in [0, 0.1) is 0 Å². The molecule has 8 nitrogen and oxygen atoms in total. The number of carbonyl (C=O) groups is 1. The van der Waals surface area contributed by atoms with E-state index in [0.717, 1.165) is 11.1 Å². The highest BCUT2D eigenvalue weighted by atomic mass is 16.5. The molecule has 1 N–H and O–H groups in total. The second-order valence-corrected chi connectivity index (χ2v) is 6.94. The maximum absolute atomic E-state index is 11.8. The van der Waals surface area contributed by atoms with Gasteiger partial charge in [-0.05, 0) is 49.8 Å². The van der Waals surface area contributed by atoms with Crippen LogP contribution in [0.25, 0.3) is 23.5 Å². The average Bonchev–Trinajstić information content (AvgIpc) is 3.25. The van der Waals surface area contributed by atoms with E-state index < -0.39 is 0 Å². The third-order valence-corrected chi connectivity index (χ3v) is 4.18. The Balaban J connectivity index is 1.68. The van der Waals surface area contributed by atoms with E-state index in [-0.39, 0.29) is 18.6 Å². The first-order valence-electron chi connectivity index (χ1n) is 9.75. The zero-order chi connectivity index (χ0) is 22.2. The van der Waals surface area contributed by atoms with E-state index in [4.69, 9.17) is 18.7 Å². The van der Waals surface area contributed by atoms with Gasteiger partial charge < -0.3 is 24.1 Å². The van der Waals surface area contributed by atoms with Crippen LogP contribution in [0.5, 0.6) is 17.2 Å². The quantitative estimate of drug-likeness (QED) is 0.559. The van der Waals surface area contributed by atoms with Crippen LogP contribution >= 0.6 is 0 Å². The van der Waals surface area contributed by atoms with E-state index in [9.17, 15) is 4.79 Å². The summed E-state index contributed by atoms with van der Waals surface area (Å²) in [6.07, 6.45) is 3.56. The highest BCUT2D eigenvalue weighted by molar-refractivity contribution is 5.77. The Labute approximate surface area is 180 Å². The van der Waals surface area contributed by atoms with Gasteiger partial charge in [-0.1, -0.05) is 23.4 Å². The minimum Gasteiger partial charge on any atom is -0.493 e. The third kappa shape index (κ3) is 6.08. The number of carbonyl (C=O) groups excluding carboxylic acids is 1. The van der Waals surface area contributed by atoms with Crippen LogP contribution in [0.15, 0.2) is 47.0 Å². The van der Waals surface area contributed by atoms with Crippen LogP contribution in [0.3, 0.4) is 0 Å². The minimum atomic E-state index is -0.178. The van der Waals surface area contributed by atoms with Gasteiger partial charge in [0.2, 0.25) is 5.82 Å². The molecule has 0 aliphatic rings. The van der Waals surface area contributed by atoms with Crippen molar-refractivity contribution in [1.82, 2.24) is 15.5 Å². The molecule has 0 saturated heterocycles. The van der Waals surface area contributed by atoms with Crippen molar-refractivity contribution in [2.24, 2.45) is 0 Å². The smallest absolute Gasteiger partial charge is 0.258 e. The molecule has 1 aromatic heterocycles. The van der Waals surface area contributed by atoms with E-state index in [1.54, 1.807) is 38.5 Å². The summed E-state index contributed by atoms with van der Waals surface area (Å²) in [5.74, 6) is 2.43. The van der Waals surface area contributed by atoms with Crippen molar-refractivity contribution in [3.8, 4) is 28.6 Å². The Bertz CT molecular complexity index is 1060. The highest BCUT2D eigenvalue weighted by Gasteiger charge is 2.10. The molecule has 162 valence electrons. The number of rotatable bonds is 9. The first-order chi connectivity index (χ1) is 15.0. The first-order valence-corrected chi connectivity index (χ1v) is 9.75. The third-order valence-electron chi connectivity index (χ3n) is 4.18. The molecule has 0 bridgehead atoms. The maximum Gasteiger partial charge on any atom is 0.258 e. The molecular formula is C23H25N3O5. The summed E-state index contributed by atoms with van der Waals surface area (Å²) in [7, 11) is 3.18. The number of nitrogens with one attached hydrogen (secondary N) is 1. The molecular weight excluding hydrogens is 398 g/mol. The van der Waals surface area contributed by atoms with Crippen molar-refractivity contribution in [2.75, 3.05) is 20.8 Å². The van der Waals surface area contributed by atoms with Crippen LogP contribution < -0.4 is 19.5 Å². The minimum absolute atomic E-state index is 0.0623. The number of aromatic nitrogens is 2. The number of hydrogen-bond donors (Lipinski definition) is 1. The molecule has 0 aliphatic heterocycles. The molecule has 0 spiro atoms. The summed E-state index contributed by atoms with van der Waals surface area (Å²) in [6, 6.07) is 12.8. The second kappa shape index (κ2) is 10.3.